The number of hydrogen-bond acceptors (Lipinski definition) is 4. The van der Waals surface area contributed by atoms with Crippen molar-refractivity contribution >= 4 is 40.7 Å². The highest BCUT2D eigenvalue weighted by Gasteiger charge is 2.31. The van der Waals surface area contributed by atoms with E-state index < -0.39 is 29.8 Å². The van der Waals surface area contributed by atoms with E-state index in [2.05, 4.69) is 21.3 Å². The van der Waals surface area contributed by atoms with Crippen molar-refractivity contribution < 1.29 is 27.5 Å². The fourth-order valence-electron chi connectivity index (χ4n) is 3.22. The predicted molar refractivity (Wildman–Crippen MR) is 121 cm³/mol. The summed E-state index contributed by atoms with van der Waals surface area (Å²) in [7, 11) is 0. The van der Waals surface area contributed by atoms with E-state index >= 15 is 0 Å². The van der Waals surface area contributed by atoms with Crippen LogP contribution >= 0.6 is 12.2 Å². The molecule has 0 fully saturated rings. The van der Waals surface area contributed by atoms with E-state index in [0.717, 1.165) is 17.7 Å². The molecule has 1 aliphatic heterocycles. The third kappa shape index (κ3) is 6.01. The number of allylic oxidation sites excluding steroid dienone is 1. The summed E-state index contributed by atoms with van der Waals surface area (Å²) in [4.78, 5) is 24.6. The minimum atomic E-state index is -4.45. The maximum Gasteiger partial charge on any atom is 0.416 e. The van der Waals surface area contributed by atoms with Crippen molar-refractivity contribution in [2.75, 3.05) is 17.2 Å². The Kier molecular flexibility index (Phi) is 7.22. The molecule has 1 unspecified atom stereocenters. The van der Waals surface area contributed by atoms with E-state index in [1.54, 1.807) is 38.1 Å². The molecule has 0 radical (unpaired) electrons. The Morgan fingerprint density at radius 1 is 1.03 bits per heavy atom. The van der Waals surface area contributed by atoms with Gasteiger partial charge in [0.1, 0.15) is 0 Å². The number of halogens is 3. The number of carbonyl (C=O) groups excluding carboxylic acids is 2. The maximum absolute atomic E-state index is 12.6. The van der Waals surface area contributed by atoms with Crippen molar-refractivity contribution in [3.63, 3.8) is 0 Å². The lowest BCUT2D eigenvalue weighted by Gasteiger charge is -2.29. The zero-order valence-electron chi connectivity index (χ0n) is 17.7. The lowest BCUT2D eigenvalue weighted by molar-refractivity contribution is -0.139. The minimum Gasteiger partial charge on any atom is -0.463 e. The molecule has 4 N–H and O–H groups in total. The van der Waals surface area contributed by atoms with Gasteiger partial charge in [-0.25, -0.2) is 9.59 Å². The van der Waals surface area contributed by atoms with E-state index in [0.29, 0.717) is 22.1 Å². The van der Waals surface area contributed by atoms with Crippen LogP contribution in [0.25, 0.3) is 0 Å². The Morgan fingerprint density at radius 2 is 1.58 bits per heavy atom. The van der Waals surface area contributed by atoms with Gasteiger partial charge in [0.25, 0.3) is 0 Å². The Morgan fingerprint density at radius 3 is 2.09 bits per heavy atom. The second kappa shape index (κ2) is 9.90. The van der Waals surface area contributed by atoms with E-state index in [1.165, 1.54) is 12.1 Å². The molecule has 2 aromatic rings. The number of esters is 1. The number of urea groups is 1. The molecule has 0 aliphatic carbocycles. The molecule has 0 saturated carbocycles. The normalized spacial score (nSPS) is 15.9. The lowest BCUT2D eigenvalue weighted by atomic mass is 9.95. The second-order valence-corrected chi connectivity index (χ2v) is 7.48. The van der Waals surface area contributed by atoms with Crippen molar-refractivity contribution in [2.24, 2.45) is 0 Å². The molecule has 0 saturated heterocycles. The van der Waals surface area contributed by atoms with Crippen LogP contribution in [0.2, 0.25) is 0 Å². The summed E-state index contributed by atoms with van der Waals surface area (Å²) >= 11 is 5.20. The highest BCUT2D eigenvalue weighted by molar-refractivity contribution is 7.80. The Hall–Kier alpha value is -3.60. The Labute approximate surface area is 193 Å². The fourth-order valence-corrected chi connectivity index (χ4v) is 3.49. The van der Waals surface area contributed by atoms with Crippen molar-refractivity contribution in [3.05, 3.63) is 70.9 Å². The van der Waals surface area contributed by atoms with Gasteiger partial charge in [0.15, 0.2) is 5.11 Å². The number of ether oxygens (including phenoxy) is 1. The first-order valence-electron chi connectivity index (χ1n) is 9.89. The molecule has 2 amide bonds. The monoisotopic (exact) mass is 478 g/mol. The van der Waals surface area contributed by atoms with E-state index in [4.69, 9.17) is 17.0 Å². The quantitative estimate of drug-likeness (QED) is 0.368. The number of hydrogen-bond donors (Lipinski definition) is 4. The van der Waals surface area contributed by atoms with E-state index in [-0.39, 0.29) is 12.3 Å². The van der Waals surface area contributed by atoms with Gasteiger partial charge < -0.3 is 26.0 Å². The number of amides is 2. The van der Waals surface area contributed by atoms with Gasteiger partial charge in [-0.15, -0.1) is 0 Å². The van der Waals surface area contributed by atoms with Gasteiger partial charge in [0, 0.05) is 17.1 Å². The van der Waals surface area contributed by atoms with Crippen molar-refractivity contribution in [1.82, 2.24) is 10.6 Å². The summed E-state index contributed by atoms with van der Waals surface area (Å²) in [5.41, 5.74) is 1.55. The van der Waals surface area contributed by atoms with Crippen LogP contribution in [-0.2, 0) is 15.7 Å². The topological polar surface area (TPSA) is 91.5 Å². The molecule has 0 bridgehead atoms. The third-order valence-corrected chi connectivity index (χ3v) is 4.96. The zero-order chi connectivity index (χ0) is 24.2. The van der Waals surface area contributed by atoms with Crippen LogP contribution in [0.15, 0.2) is 59.8 Å². The second-order valence-electron chi connectivity index (χ2n) is 7.07. The van der Waals surface area contributed by atoms with Gasteiger partial charge in [-0.1, -0.05) is 12.1 Å². The lowest BCUT2D eigenvalue weighted by Crippen LogP contribution is -2.45. The molecule has 1 aliphatic rings. The summed E-state index contributed by atoms with van der Waals surface area (Å²) in [6, 6.07) is 9.65. The number of anilines is 2. The smallest absolute Gasteiger partial charge is 0.416 e. The fraction of sp³-hybridized carbons (Fsp3) is 0.227. The average molecular weight is 478 g/mol. The molecule has 3 rings (SSSR count). The highest BCUT2D eigenvalue weighted by Crippen LogP contribution is 2.30. The molecule has 0 aromatic heterocycles. The van der Waals surface area contributed by atoms with Crippen LogP contribution in [0.3, 0.4) is 0 Å². The average Bonchev–Trinajstić information content (AvgIpc) is 2.73. The molecule has 7 nitrogen and oxygen atoms in total. The Bertz CT molecular complexity index is 1080. The third-order valence-electron chi connectivity index (χ3n) is 4.74. The zero-order valence-corrected chi connectivity index (χ0v) is 18.5. The van der Waals surface area contributed by atoms with Crippen LogP contribution in [0.5, 0.6) is 0 Å². The molecular formula is C22H21F3N4O3S. The predicted octanol–water partition coefficient (Wildman–Crippen LogP) is 4.71. The summed E-state index contributed by atoms with van der Waals surface area (Å²) in [5, 5.41) is 11.4. The van der Waals surface area contributed by atoms with E-state index in [1.807, 2.05) is 0 Å². The van der Waals surface area contributed by atoms with Crippen LogP contribution in [-0.4, -0.2) is 23.7 Å². The SMILES string of the molecule is CCOC(=O)C1=C(C)NC(=S)NC1c1ccc(NC(=O)Nc2ccc(C(F)(F)F)cc2)cc1. The number of thiocarbonyl (C=S) groups is 1. The van der Waals surface area contributed by atoms with Crippen LogP contribution in [0.4, 0.5) is 29.3 Å². The number of alkyl halides is 3. The maximum atomic E-state index is 12.6. The van der Waals surface area contributed by atoms with Crippen LogP contribution in [0, 0.1) is 0 Å². The van der Waals surface area contributed by atoms with Gasteiger partial charge in [-0.05, 0) is 68.0 Å². The molecule has 0 spiro atoms. The minimum absolute atomic E-state index is 0.212. The van der Waals surface area contributed by atoms with Gasteiger partial charge in [0.05, 0.1) is 23.8 Å². The standard InChI is InChI=1S/C22H21F3N4O3S/c1-3-32-19(30)17-12(2)26-21(33)29-18(17)13-4-8-15(9-5-13)27-20(31)28-16-10-6-14(7-11-16)22(23,24)25/h4-11,18H,3H2,1-2H3,(H2,26,29,33)(H2,27,28,31). The van der Waals surface area contributed by atoms with Gasteiger partial charge >= 0.3 is 18.2 Å². The number of nitrogens with one attached hydrogen (secondary N) is 4. The molecule has 2 aromatic carbocycles. The van der Waals surface area contributed by atoms with Crippen LogP contribution < -0.4 is 21.3 Å². The molecule has 33 heavy (non-hydrogen) atoms. The van der Waals surface area contributed by atoms with Crippen molar-refractivity contribution in [1.29, 1.82) is 0 Å². The Balaban J connectivity index is 1.69. The first-order valence-corrected chi connectivity index (χ1v) is 10.3. The summed E-state index contributed by atoms with van der Waals surface area (Å²) in [6.07, 6.45) is -4.45. The molecule has 1 atom stereocenters. The summed E-state index contributed by atoms with van der Waals surface area (Å²) < 4.78 is 43.1. The van der Waals surface area contributed by atoms with Crippen LogP contribution in [0.1, 0.15) is 31.0 Å². The highest BCUT2D eigenvalue weighted by atomic mass is 32.1. The van der Waals surface area contributed by atoms with Crippen molar-refractivity contribution in [2.45, 2.75) is 26.1 Å². The summed E-state index contributed by atoms with van der Waals surface area (Å²) in [5.74, 6) is -0.472. The van der Waals surface area contributed by atoms with Gasteiger partial charge in [-0.2, -0.15) is 13.2 Å². The number of rotatable bonds is 5. The number of benzene rings is 2. The van der Waals surface area contributed by atoms with Gasteiger partial charge in [0.2, 0.25) is 0 Å². The molecular weight excluding hydrogens is 457 g/mol. The van der Waals surface area contributed by atoms with E-state index in [9.17, 15) is 22.8 Å². The molecule has 1 heterocycles. The van der Waals surface area contributed by atoms with Gasteiger partial charge in [-0.3, -0.25) is 0 Å². The molecule has 174 valence electrons. The number of carbonyl (C=O) groups is 2. The first-order chi connectivity index (χ1) is 15.6. The summed E-state index contributed by atoms with van der Waals surface area (Å²) in [6.45, 7) is 3.67. The largest absolute Gasteiger partial charge is 0.463 e. The molecule has 11 heteroatoms. The first kappa shape index (κ1) is 24.1. The van der Waals surface area contributed by atoms with Crippen molar-refractivity contribution in [3.8, 4) is 0 Å².